The van der Waals surface area contributed by atoms with Gasteiger partial charge in [0.2, 0.25) is 0 Å². The summed E-state index contributed by atoms with van der Waals surface area (Å²) in [5.74, 6) is 0. The van der Waals surface area contributed by atoms with E-state index in [9.17, 15) is 0 Å². The Morgan fingerprint density at radius 3 is 2.62 bits per heavy atom. The fourth-order valence-corrected chi connectivity index (χ4v) is 1.59. The molecule has 1 aromatic carbocycles. The Morgan fingerprint density at radius 1 is 1.38 bits per heavy atom. The highest BCUT2D eigenvalue weighted by Crippen LogP contribution is 2.23. The van der Waals surface area contributed by atoms with Gasteiger partial charge in [0, 0.05) is 21.6 Å². The van der Waals surface area contributed by atoms with E-state index >= 15 is 0 Å². The van der Waals surface area contributed by atoms with E-state index in [0.717, 1.165) is 5.69 Å². The van der Waals surface area contributed by atoms with Crippen LogP contribution in [0.4, 0.5) is 11.4 Å². The number of nitrogen functional groups attached to an aromatic ring is 1. The summed E-state index contributed by atoms with van der Waals surface area (Å²) >= 11 is 7.47. The van der Waals surface area contributed by atoms with Crippen LogP contribution >= 0.6 is 23.5 Å². The maximum Gasteiger partial charge on any atom is 0.0475 e. The minimum absolute atomic E-state index is 0.528. The van der Waals surface area contributed by atoms with Crippen molar-refractivity contribution in [2.45, 2.75) is 19.1 Å². The van der Waals surface area contributed by atoms with Gasteiger partial charge in [-0.3, -0.25) is 0 Å². The van der Waals surface area contributed by atoms with Gasteiger partial charge in [-0.1, -0.05) is 25.4 Å². The summed E-state index contributed by atoms with van der Waals surface area (Å²) in [6.07, 6.45) is 0. The monoisotopic (exact) mass is 216 g/mol. The summed E-state index contributed by atoms with van der Waals surface area (Å²) in [5, 5.41) is 1.19. The van der Waals surface area contributed by atoms with Crippen molar-refractivity contribution in [2.24, 2.45) is 0 Å². The van der Waals surface area contributed by atoms with Crippen LogP contribution in [0.1, 0.15) is 13.8 Å². The summed E-state index contributed by atoms with van der Waals surface area (Å²) in [4.78, 5) is 0. The van der Waals surface area contributed by atoms with Crippen molar-refractivity contribution in [3.63, 3.8) is 0 Å². The van der Waals surface area contributed by atoms with E-state index in [0.29, 0.717) is 16.0 Å². The third kappa shape index (κ3) is 3.79. The smallest absolute Gasteiger partial charge is 0.0475 e. The number of anilines is 2. The van der Waals surface area contributed by atoms with Gasteiger partial charge in [0.1, 0.15) is 0 Å². The molecule has 0 aliphatic carbocycles. The van der Waals surface area contributed by atoms with Gasteiger partial charge in [0.15, 0.2) is 0 Å². The number of rotatable bonds is 3. The Kier molecular flexibility index (Phi) is 3.75. The van der Waals surface area contributed by atoms with Crippen LogP contribution in [-0.4, -0.2) is 5.25 Å². The van der Waals surface area contributed by atoms with Crippen molar-refractivity contribution in [1.29, 1.82) is 0 Å². The minimum atomic E-state index is 0.528. The zero-order chi connectivity index (χ0) is 9.84. The molecule has 0 aromatic heterocycles. The molecule has 0 aliphatic heterocycles. The predicted octanol–water partition coefficient (Wildman–Crippen LogP) is 3.39. The fourth-order valence-electron chi connectivity index (χ4n) is 0.857. The van der Waals surface area contributed by atoms with Crippen LogP contribution in [0.15, 0.2) is 18.2 Å². The van der Waals surface area contributed by atoms with Gasteiger partial charge in [-0.05, 0) is 30.1 Å². The van der Waals surface area contributed by atoms with E-state index in [1.807, 2.05) is 12.1 Å². The molecule has 0 amide bonds. The summed E-state index contributed by atoms with van der Waals surface area (Å²) in [6, 6.07) is 5.45. The molecule has 0 atom stereocenters. The van der Waals surface area contributed by atoms with Gasteiger partial charge in [0.05, 0.1) is 0 Å². The molecule has 0 saturated carbocycles. The first-order chi connectivity index (χ1) is 6.08. The zero-order valence-corrected chi connectivity index (χ0v) is 9.25. The van der Waals surface area contributed by atoms with Crippen LogP contribution in [0, 0.1) is 0 Å². The van der Waals surface area contributed by atoms with Crippen LogP contribution in [0.5, 0.6) is 0 Å². The highest BCUT2D eigenvalue weighted by atomic mass is 35.5. The summed E-state index contributed by atoms with van der Waals surface area (Å²) in [7, 11) is 0. The molecule has 2 nitrogen and oxygen atoms in total. The minimum Gasteiger partial charge on any atom is -0.399 e. The first-order valence-electron chi connectivity index (χ1n) is 4.05. The average molecular weight is 217 g/mol. The number of benzene rings is 1. The second kappa shape index (κ2) is 4.63. The average Bonchev–Trinajstić information content (AvgIpc) is 1.99. The predicted molar refractivity (Wildman–Crippen MR) is 62.2 cm³/mol. The lowest BCUT2D eigenvalue weighted by Gasteiger charge is -2.08. The summed E-state index contributed by atoms with van der Waals surface area (Å²) in [5.41, 5.74) is 7.26. The number of hydrogen-bond donors (Lipinski definition) is 2. The van der Waals surface area contributed by atoms with E-state index in [4.69, 9.17) is 17.3 Å². The molecule has 0 bridgehead atoms. The molecule has 1 aromatic rings. The SMILES string of the molecule is CC(C)SNc1cc(N)cc(Cl)c1. The third-order valence-corrected chi connectivity index (χ3v) is 2.38. The molecule has 1 rings (SSSR count). The number of halogens is 1. The van der Waals surface area contributed by atoms with Crippen LogP contribution < -0.4 is 10.5 Å². The van der Waals surface area contributed by atoms with Crippen molar-refractivity contribution >= 4 is 34.9 Å². The summed E-state index contributed by atoms with van der Waals surface area (Å²) < 4.78 is 3.18. The van der Waals surface area contributed by atoms with Gasteiger partial charge in [0.25, 0.3) is 0 Å². The highest BCUT2D eigenvalue weighted by molar-refractivity contribution is 8.01. The van der Waals surface area contributed by atoms with Crippen molar-refractivity contribution in [1.82, 2.24) is 0 Å². The molecule has 0 radical (unpaired) electrons. The second-order valence-electron chi connectivity index (χ2n) is 3.04. The lowest BCUT2D eigenvalue weighted by atomic mass is 10.3. The molecule has 0 aliphatic rings. The molecule has 0 saturated heterocycles. The Balaban J connectivity index is 2.66. The molecule has 72 valence electrons. The standard InChI is InChI=1S/C9H13ClN2S/c1-6(2)13-12-9-4-7(10)3-8(11)5-9/h3-6,12H,11H2,1-2H3. The normalized spacial score (nSPS) is 10.5. The Bertz CT molecular complexity index is 269. The quantitative estimate of drug-likeness (QED) is 0.601. The van der Waals surface area contributed by atoms with E-state index in [1.165, 1.54) is 0 Å². The second-order valence-corrected chi connectivity index (χ2v) is 4.86. The maximum atomic E-state index is 5.84. The molecule has 0 heterocycles. The molecule has 0 unspecified atom stereocenters. The van der Waals surface area contributed by atoms with Gasteiger partial charge in [-0.25, -0.2) is 0 Å². The zero-order valence-electron chi connectivity index (χ0n) is 7.67. The number of hydrogen-bond acceptors (Lipinski definition) is 3. The van der Waals surface area contributed by atoms with Crippen LogP contribution in [0.3, 0.4) is 0 Å². The van der Waals surface area contributed by atoms with Crippen molar-refractivity contribution in [3.8, 4) is 0 Å². The molecule has 0 fully saturated rings. The fraction of sp³-hybridized carbons (Fsp3) is 0.333. The van der Waals surface area contributed by atoms with E-state index in [1.54, 1.807) is 18.0 Å². The van der Waals surface area contributed by atoms with E-state index in [-0.39, 0.29) is 0 Å². The van der Waals surface area contributed by atoms with Gasteiger partial charge >= 0.3 is 0 Å². The topological polar surface area (TPSA) is 38.0 Å². The van der Waals surface area contributed by atoms with E-state index < -0.39 is 0 Å². The van der Waals surface area contributed by atoms with Crippen molar-refractivity contribution < 1.29 is 0 Å². The molecular weight excluding hydrogens is 204 g/mol. The van der Waals surface area contributed by atoms with E-state index in [2.05, 4.69) is 18.6 Å². The maximum absolute atomic E-state index is 5.84. The molecule has 4 heteroatoms. The van der Waals surface area contributed by atoms with Crippen LogP contribution in [-0.2, 0) is 0 Å². The van der Waals surface area contributed by atoms with Gasteiger partial charge < -0.3 is 10.5 Å². The van der Waals surface area contributed by atoms with Crippen LogP contribution in [0.2, 0.25) is 5.02 Å². The highest BCUT2D eigenvalue weighted by Gasteiger charge is 1.98. The molecule has 0 spiro atoms. The van der Waals surface area contributed by atoms with Crippen molar-refractivity contribution in [3.05, 3.63) is 23.2 Å². The van der Waals surface area contributed by atoms with Gasteiger partial charge in [-0.15, -0.1) is 0 Å². The van der Waals surface area contributed by atoms with Gasteiger partial charge in [-0.2, -0.15) is 0 Å². The first-order valence-corrected chi connectivity index (χ1v) is 5.31. The lowest BCUT2D eigenvalue weighted by molar-refractivity contribution is 1.12. The van der Waals surface area contributed by atoms with Crippen LogP contribution in [0.25, 0.3) is 0 Å². The largest absolute Gasteiger partial charge is 0.399 e. The Hall–Kier alpha value is -0.540. The first kappa shape index (κ1) is 10.5. The van der Waals surface area contributed by atoms with Crippen molar-refractivity contribution in [2.75, 3.05) is 10.5 Å². The Labute approximate surface area is 88.0 Å². The summed E-state index contributed by atoms with van der Waals surface area (Å²) in [6.45, 7) is 4.23. The molecular formula is C9H13ClN2S. The lowest BCUT2D eigenvalue weighted by Crippen LogP contribution is -1.95. The Morgan fingerprint density at radius 2 is 2.08 bits per heavy atom. The number of nitrogens with one attached hydrogen (secondary N) is 1. The number of nitrogens with two attached hydrogens (primary N) is 1. The molecule has 13 heavy (non-hydrogen) atoms. The third-order valence-electron chi connectivity index (χ3n) is 1.33. The molecule has 3 N–H and O–H groups in total.